The Morgan fingerprint density at radius 1 is 1.10 bits per heavy atom. The van der Waals surface area contributed by atoms with E-state index in [0.717, 1.165) is 48.4 Å². The largest absolute Gasteiger partial charge is 0.508 e. The summed E-state index contributed by atoms with van der Waals surface area (Å²) in [6.07, 6.45) is 0.812. The highest BCUT2D eigenvalue weighted by molar-refractivity contribution is 5.95. The summed E-state index contributed by atoms with van der Waals surface area (Å²) in [5.41, 5.74) is 5.33. The van der Waals surface area contributed by atoms with E-state index < -0.39 is 0 Å². The van der Waals surface area contributed by atoms with E-state index in [1.807, 2.05) is 37.4 Å². The summed E-state index contributed by atoms with van der Waals surface area (Å²) < 4.78 is 1.75. The van der Waals surface area contributed by atoms with Crippen molar-refractivity contribution < 1.29 is 9.90 Å². The van der Waals surface area contributed by atoms with Crippen molar-refractivity contribution in [2.45, 2.75) is 26.4 Å². The summed E-state index contributed by atoms with van der Waals surface area (Å²) in [5, 5.41) is 9.47. The molecule has 0 bridgehead atoms. The number of fused-ring (bicyclic) bond motifs is 1. The molecule has 0 fully saturated rings. The number of hydrogen-bond acceptors (Lipinski definition) is 4. The van der Waals surface area contributed by atoms with Crippen LogP contribution in [0.5, 0.6) is 5.75 Å². The minimum atomic E-state index is -0.0311. The summed E-state index contributed by atoms with van der Waals surface area (Å²) in [5.74, 6) is 0.256. The van der Waals surface area contributed by atoms with Crippen molar-refractivity contribution in [3.8, 4) is 16.9 Å². The van der Waals surface area contributed by atoms with Gasteiger partial charge in [0.05, 0.1) is 0 Å². The summed E-state index contributed by atoms with van der Waals surface area (Å²) in [6.45, 7) is 3.95. The molecular weight excluding hydrogens is 364 g/mol. The van der Waals surface area contributed by atoms with Crippen LogP contribution in [0, 0.1) is 0 Å². The number of carbonyl (C=O) groups is 1. The van der Waals surface area contributed by atoms with E-state index in [1.54, 1.807) is 28.8 Å². The molecule has 0 spiro atoms. The minimum Gasteiger partial charge on any atom is -0.508 e. The number of aromatic hydroxyl groups is 1. The zero-order valence-corrected chi connectivity index (χ0v) is 16.7. The van der Waals surface area contributed by atoms with E-state index in [-0.39, 0.29) is 17.1 Å². The molecule has 1 aliphatic heterocycles. The normalized spacial score (nSPS) is 13.9. The molecule has 0 atom stereocenters. The number of aromatic nitrogens is 1. The van der Waals surface area contributed by atoms with Gasteiger partial charge in [-0.2, -0.15) is 0 Å². The van der Waals surface area contributed by atoms with E-state index in [4.69, 9.17) is 0 Å². The molecule has 0 unspecified atom stereocenters. The molecule has 1 aromatic heterocycles. The maximum absolute atomic E-state index is 13.0. The van der Waals surface area contributed by atoms with Crippen LogP contribution >= 0.6 is 0 Å². The molecule has 1 aliphatic rings. The van der Waals surface area contributed by atoms with Crippen LogP contribution in [0.2, 0.25) is 0 Å². The molecule has 2 heterocycles. The number of phenolic OH excluding ortho intramolecular Hbond substituents is 1. The van der Waals surface area contributed by atoms with Gasteiger partial charge < -0.3 is 9.67 Å². The second-order valence-corrected chi connectivity index (χ2v) is 7.66. The lowest BCUT2D eigenvalue weighted by Gasteiger charge is -2.30. The van der Waals surface area contributed by atoms with Crippen LogP contribution in [0.15, 0.2) is 59.4 Å². The van der Waals surface area contributed by atoms with Crippen LogP contribution in [0.1, 0.15) is 34.1 Å². The number of hydrogen-bond donors (Lipinski definition) is 1. The molecule has 5 nitrogen and oxygen atoms in total. The van der Waals surface area contributed by atoms with Gasteiger partial charge in [-0.3, -0.25) is 14.5 Å². The van der Waals surface area contributed by atoms with Gasteiger partial charge in [-0.1, -0.05) is 30.3 Å². The number of ketones is 1. The molecule has 4 rings (SSSR count). The Morgan fingerprint density at radius 3 is 2.59 bits per heavy atom. The highest BCUT2D eigenvalue weighted by atomic mass is 16.3. The molecule has 0 aliphatic carbocycles. The first kappa shape index (κ1) is 19.2. The molecule has 148 valence electrons. The van der Waals surface area contributed by atoms with Crippen LogP contribution in [0.25, 0.3) is 11.1 Å². The van der Waals surface area contributed by atoms with Gasteiger partial charge in [0.15, 0.2) is 5.78 Å². The van der Waals surface area contributed by atoms with E-state index in [1.165, 1.54) is 6.92 Å². The number of phenols is 1. The Balaban J connectivity index is 1.67. The smallest absolute Gasteiger partial charge is 0.258 e. The van der Waals surface area contributed by atoms with E-state index in [2.05, 4.69) is 4.90 Å². The minimum absolute atomic E-state index is 0.0123. The Hall–Kier alpha value is -3.18. The lowest BCUT2D eigenvalue weighted by Crippen LogP contribution is -2.35. The molecule has 2 aromatic carbocycles. The summed E-state index contributed by atoms with van der Waals surface area (Å²) in [7, 11) is 1.83. The predicted molar refractivity (Wildman–Crippen MR) is 113 cm³/mol. The van der Waals surface area contributed by atoms with Crippen LogP contribution in [-0.4, -0.2) is 26.9 Å². The number of pyridine rings is 1. The maximum atomic E-state index is 13.0. The SMILES string of the molecule is CC(=O)c1cccc(-c2cc3c(n(C)c2=O)CCN(Cc2ccc(O)cc2)C3)c1. The van der Waals surface area contributed by atoms with Gasteiger partial charge in [0.1, 0.15) is 5.75 Å². The van der Waals surface area contributed by atoms with Crippen molar-refractivity contribution >= 4 is 5.78 Å². The Labute approximate surface area is 169 Å². The second kappa shape index (κ2) is 7.68. The van der Waals surface area contributed by atoms with Crippen molar-refractivity contribution in [1.29, 1.82) is 0 Å². The van der Waals surface area contributed by atoms with Crippen molar-refractivity contribution in [2.75, 3.05) is 6.54 Å². The molecule has 0 radical (unpaired) electrons. The second-order valence-electron chi connectivity index (χ2n) is 7.66. The monoisotopic (exact) mass is 388 g/mol. The van der Waals surface area contributed by atoms with Gasteiger partial charge in [0, 0.05) is 49.9 Å². The maximum Gasteiger partial charge on any atom is 0.258 e. The van der Waals surface area contributed by atoms with Gasteiger partial charge in [-0.25, -0.2) is 0 Å². The van der Waals surface area contributed by atoms with Gasteiger partial charge in [0.2, 0.25) is 0 Å². The lowest BCUT2D eigenvalue weighted by atomic mass is 9.97. The molecule has 29 heavy (non-hydrogen) atoms. The Kier molecular flexibility index (Phi) is 5.07. The number of rotatable bonds is 4. The quantitative estimate of drug-likeness (QED) is 0.695. The van der Waals surface area contributed by atoms with Crippen LogP contribution in [0.3, 0.4) is 0 Å². The van der Waals surface area contributed by atoms with Crippen LogP contribution in [-0.2, 0) is 26.6 Å². The van der Waals surface area contributed by atoms with E-state index in [0.29, 0.717) is 11.1 Å². The zero-order chi connectivity index (χ0) is 20.5. The number of benzene rings is 2. The summed E-state index contributed by atoms with van der Waals surface area (Å²) >= 11 is 0. The van der Waals surface area contributed by atoms with E-state index in [9.17, 15) is 14.7 Å². The topological polar surface area (TPSA) is 62.5 Å². The molecule has 0 saturated carbocycles. The lowest BCUT2D eigenvalue weighted by molar-refractivity contribution is 0.101. The third kappa shape index (κ3) is 3.87. The molecule has 5 heteroatoms. The standard InChI is InChI=1S/C24H24N2O3/c1-16(27)18-4-3-5-19(12-18)22-13-20-15-26(11-10-23(20)25(2)24(22)29)14-17-6-8-21(28)9-7-17/h3-9,12-13,28H,10-11,14-15H2,1-2H3. The van der Waals surface area contributed by atoms with Gasteiger partial charge >= 0.3 is 0 Å². The first-order valence-electron chi connectivity index (χ1n) is 9.76. The predicted octanol–water partition coefficient (Wildman–Crippen LogP) is 3.52. The van der Waals surface area contributed by atoms with Crippen molar-refractivity contribution in [2.24, 2.45) is 7.05 Å². The van der Waals surface area contributed by atoms with E-state index >= 15 is 0 Å². The first-order chi connectivity index (χ1) is 13.9. The fourth-order valence-electron chi connectivity index (χ4n) is 3.99. The number of Topliss-reactive ketones (excluding diaryl/α,β-unsaturated/α-hetero) is 1. The van der Waals surface area contributed by atoms with Crippen molar-refractivity contribution in [3.05, 3.63) is 87.3 Å². The fourth-order valence-corrected chi connectivity index (χ4v) is 3.99. The third-order valence-electron chi connectivity index (χ3n) is 5.61. The highest BCUT2D eigenvalue weighted by Crippen LogP contribution is 2.25. The van der Waals surface area contributed by atoms with Crippen LogP contribution in [0.4, 0.5) is 0 Å². The van der Waals surface area contributed by atoms with Crippen molar-refractivity contribution in [1.82, 2.24) is 9.47 Å². The molecule has 0 saturated heterocycles. The van der Waals surface area contributed by atoms with Crippen LogP contribution < -0.4 is 5.56 Å². The highest BCUT2D eigenvalue weighted by Gasteiger charge is 2.21. The average molecular weight is 388 g/mol. The molecule has 3 aromatic rings. The fraction of sp³-hybridized carbons (Fsp3) is 0.250. The van der Waals surface area contributed by atoms with Crippen molar-refractivity contribution in [3.63, 3.8) is 0 Å². The van der Waals surface area contributed by atoms with Gasteiger partial charge in [-0.05, 0) is 47.9 Å². The summed E-state index contributed by atoms with van der Waals surface area (Å²) in [4.78, 5) is 27.1. The number of carbonyl (C=O) groups excluding carboxylic acids is 1. The molecular formula is C24H24N2O3. The molecule has 1 N–H and O–H groups in total. The molecule has 0 amide bonds. The average Bonchev–Trinajstić information content (AvgIpc) is 2.72. The Bertz CT molecular complexity index is 1130. The van der Waals surface area contributed by atoms with Gasteiger partial charge in [0.25, 0.3) is 5.56 Å². The zero-order valence-electron chi connectivity index (χ0n) is 16.7. The Morgan fingerprint density at radius 2 is 1.86 bits per heavy atom. The summed E-state index contributed by atoms with van der Waals surface area (Å²) in [6, 6.07) is 16.5. The first-order valence-corrected chi connectivity index (χ1v) is 9.76. The third-order valence-corrected chi connectivity index (χ3v) is 5.61. The van der Waals surface area contributed by atoms with Gasteiger partial charge in [-0.15, -0.1) is 0 Å². The number of nitrogens with zero attached hydrogens (tertiary/aromatic N) is 2.